The van der Waals surface area contributed by atoms with Gasteiger partial charge in [0.2, 0.25) is 10.9 Å². The summed E-state index contributed by atoms with van der Waals surface area (Å²) in [5.74, 6) is 0.787. The molecule has 1 fully saturated rings. The lowest BCUT2D eigenvalue weighted by Gasteiger charge is -2.30. The summed E-state index contributed by atoms with van der Waals surface area (Å²) in [6.45, 7) is 6.44. The predicted octanol–water partition coefficient (Wildman–Crippen LogP) is 2.48. The van der Waals surface area contributed by atoms with Gasteiger partial charge in [-0.25, -0.2) is 0 Å². The second-order valence-electron chi connectivity index (χ2n) is 6.60. The number of hydrogen-bond acceptors (Lipinski definition) is 4. The molecule has 1 aliphatic rings. The molecule has 122 valence electrons. The van der Waals surface area contributed by atoms with Gasteiger partial charge in [-0.05, 0) is 43.8 Å². The largest absolute Gasteiger partial charge is 0.381 e. The van der Waals surface area contributed by atoms with Crippen LogP contribution in [0.1, 0.15) is 26.2 Å². The van der Waals surface area contributed by atoms with Crippen LogP contribution < -0.4 is 16.2 Å². The summed E-state index contributed by atoms with van der Waals surface area (Å²) in [5.41, 5.74) is 1.11. The van der Waals surface area contributed by atoms with Crippen molar-refractivity contribution in [3.63, 3.8) is 0 Å². The molecular weight excluding hydrogens is 288 g/mol. The van der Waals surface area contributed by atoms with Gasteiger partial charge in [-0.15, -0.1) is 0 Å². The summed E-state index contributed by atoms with van der Waals surface area (Å²) in [7, 11) is 0. The van der Waals surface area contributed by atoms with Crippen molar-refractivity contribution < 1.29 is 0 Å². The van der Waals surface area contributed by atoms with Crippen LogP contribution in [0.2, 0.25) is 0 Å². The Morgan fingerprint density at radius 2 is 1.96 bits per heavy atom. The fourth-order valence-electron chi connectivity index (χ4n) is 3.45. The van der Waals surface area contributed by atoms with Crippen LogP contribution in [0.5, 0.6) is 0 Å². The molecule has 4 nitrogen and oxygen atoms in total. The van der Waals surface area contributed by atoms with Gasteiger partial charge in [-0.2, -0.15) is 0 Å². The Balaban J connectivity index is 1.54. The standard InChI is InChI=1S/C19H24N2O2/c1-14-7-5-11-21(13-14)12-6-10-20-17-16(18(22)19(17)23)15-8-3-2-4-9-15/h2-4,8-9,14,20H,5-7,10-13H2,1H3/t14-/m0/s1. The van der Waals surface area contributed by atoms with E-state index < -0.39 is 0 Å². The summed E-state index contributed by atoms with van der Waals surface area (Å²) in [6.07, 6.45) is 3.60. The lowest BCUT2D eigenvalue weighted by Crippen LogP contribution is -2.38. The van der Waals surface area contributed by atoms with Gasteiger partial charge >= 0.3 is 0 Å². The highest BCUT2D eigenvalue weighted by atomic mass is 16.2. The molecule has 2 aromatic carbocycles. The average Bonchev–Trinajstić information content (AvgIpc) is 2.57. The number of likely N-dealkylation sites (tertiary alicyclic amines) is 1. The van der Waals surface area contributed by atoms with E-state index in [1.165, 1.54) is 25.9 Å². The Bertz CT molecular complexity index is 717. The summed E-state index contributed by atoms with van der Waals surface area (Å²) < 4.78 is 0. The maximum atomic E-state index is 11.8. The van der Waals surface area contributed by atoms with E-state index in [2.05, 4.69) is 17.1 Å². The fraction of sp³-hybridized carbons (Fsp3) is 0.474. The van der Waals surface area contributed by atoms with Crippen molar-refractivity contribution in [1.29, 1.82) is 0 Å². The molecule has 23 heavy (non-hydrogen) atoms. The summed E-state index contributed by atoms with van der Waals surface area (Å²) >= 11 is 0. The summed E-state index contributed by atoms with van der Waals surface area (Å²) in [4.78, 5) is 26.1. The first-order valence-corrected chi connectivity index (χ1v) is 8.52. The number of anilines is 1. The summed E-state index contributed by atoms with van der Waals surface area (Å²) in [5, 5.41) is 3.18. The Kier molecular flexibility index (Phi) is 4.91. The minimum Gasteiger partial charge on any atom is -0.381 e. The molecule has 0 aromatic heterocycles. The normalized spacial score (nSPS) is 19.1. The van der Waals surface area contributed by atoms with Crippen LogP contribution in [0.15, 0.2) is 39.9 Å². The number of nitrogens with zero attached hydrogens (tertiary/aromatic N) is 1. The molecule has 2 aromatic rings. The highest BCUT2D eigenvalue weighted by Gasteiger charge is 2.21. The van der Waals surface area contributed by atoms with Gasteiger partial charge in [-0.3, -0.25) is 9.59 Å². The zero-order valence-corrected chi connectivity index (χ0v) is 13.7. The molecule has 0 saturated carbocycles. The van der Waals surface area contributed by atoms with Crippen molar-refractivity contribution in [3.8, 4) is 11.1 Å². The third-order valence-corrected chi connectivity index (χ3v) is 4.67. The number of nitrogens with one attached hydrogen (secondary N) is 1. The highest BCUT2D eigenvalue weighted by Crippen LogP contribution is 2.23. The Morgan fingerprint density at radius 3 is 2.70 bits per heavy atom. The molecule has 4 heteroatoms. The third-order valence-electron chi connectivity index (χ3n) is 4.67. The zero-order valence-electron chi connectivity index (χ0n) is 13.7. The van der Waals surface area contributed by atoms with Gasteiger partial charge < -0.3 is 10.2 Å². The number of rotatable bonds is 6. The molecule has 1 heterocycles. The van der Waals surface area contributed by atoms with Crippen LogP contribution in [-0.4, -0.2) is 31.1 Å². The molecule has 0 bridgehead atoms. The predicted molar refractivity (Wildman–Crippen MR) is 94.7 cm³/mol. The van der Waals surface area contributed by atoms with Gasteiger partial charge in [0.25, 0.3) is 0 Å². The van der Waals surface area contributed by atoms with E-state index in [0.29, 0.717) is 11.3 Å². The molecule has 0 spiro atoms. The molecular formula is C19H24N2O2. The first-order valence-electron chi connectivity index (χ1n) is 8.52. The van der Waals surface area contributed by atoms with Gasteiger partial charge in [-0.1, -0.05) is 37.3 Å². The maximum Gasteiger partial charge on any atom is 0.250 e. The van der Waals surface area contributed by atoms with E-state index in [1.807, 2.05) is 30.3 Å². The molecule has 0 radical (unpaired) electrons. The highest BCUT2D eigenvalue weighted by molar-refractivity contribution is 5.81. The fourth-order valence-corrected chi connectivity index (χ4v) is 3.45. The van der Waals surface area contributed by atoms with Crippen LogP contribution in [0.25, 0.3) is 11.1 Å². The minimum atomic E-state index is -0.379. The first kappa shape index (κ1) is 15.9. The second kappa shape index (κ2) is 7.09. The number of piperidine rings is 1. The van der Waals surface area contributed by atoms with Gasteiger partial charge in [0.15, 0.2) is 0 Å². The van der Waals surface area contributed by atoms with Crippen molar-refractivity contribution in [1.82, 2.24) is 4.90 Å². The number of benzene rings is 1. The van der Waals surface area contributed by atoms with Gasteiger partial charge in [0.05, 0.1) is 11.3 Å². The molecule has 1 atom stereocenters. The topological polar surface area (TPSA) is 49.4 Å². The van der Waals surface area contributed by atoms with Crippen molar-refractivity contribution >= 4 is 5.69 Å². The van der Waals surface area contributed by atoms with Crippen molar-refractivity contribution in [2.45, 2.75) is 26.2 Å². The molecule has 1 aliphatic heterocycles. The first-order chi connectivity index (χ1) is 11.2. The van der Waals surface area contributed by atoms with Crippen molar-refractivity contribution in [2.24, 2.45) is 5.92 Å². The van der Waals surface area contributed by atoms with Crippen LogP contribution in [0, 0.1) is 5.92 Å². The molecule has 0 unspecified atom stereocenters. The minimum absolute atomic E-state index is 0.372. The molecule has 0 aliphatic carbocycles. The van der Waals surface area contributed by atoms with Crippen LogP contribution in [-0.2, 0) is 0 Å². The van der Waals surface area contributed by atoms with E-state index in [0.717, 1.165) is 31.0 Å². The lowest BCUT2D eigenvalue weighted by atomic mass is 9.98. The lowest BCUT2D eigenvalue weighted by molar-refractivity contribution is 0.183. The third kappa shape index (κ3) is 3.53. The quantitative estimate of drug-likeness (QED) is 0.658. The SMILES string of the molecule is C[C@H]1CCCN(CCCNc2c(-c3ccccc3)c(=O)c2=O)C1. The second-order valence-corrected chi connectivity index (χ2v) is 6.60. The molecule has 0 amide bonds. The van der Waals surface area contributed by atoms with Crippen LogP contribution in [0.4, 0.5) is 5.69 Å². The van der Waals surface area contributed by atoms with E-state index in [9.17, 15) is 9.59 Å². The Labute approximate surface area is 136 Å². The number of hydrogen-bond donors (Lipinski definition) is 1. The van der Waals surface area contributed by atoms with Crippen LogP contribution in [0.3, 0.4) is 0 Å². The van der Waals surface area contributed by atoms with Gasteiger partial charge in [0.1, 0.15) is 0 Å². The van der Waals surface area contributed by atoms with Gasteiger partial charge in [0, 0.05) is 13.1 Å². The van der Waals surface area contributed by atoms with E-state index >= 15 is 0 Å². The van der Waals surface area contributed by atoms with Crippen molar-refractivity contribution in [2.75, 3.05) is 31.5 Å². The molecule has 1 saturated heterocycles. The monoisotopic (exact) mass is 312 g/mol. The Hall–Kier alpha value is -1.94. The van der Waals surface area contributed by atoms with Crippen LogP contribution >= 0.6 is 0 Å². The average molecular weight is 312 g/mol. The molecule has 3 rings (SSSR count). The Morgan fingerprint density at radius 1 is 1.17 bits per heavy atom. The zero-order chi connectivity index (χ0) is 16.2. The maximum absolute atomic E-state index is 11.8. The van der Waals surface area contributed by atoms with Crippen molar-refractivity contribution in [3.05, 3.63) is 50.8 Å². The van der Waals surface area contributed by atoms with E-state index in [-0.39, 0.29) is 10.9 Å². The van der Waals surface area contributed by atoms with E-state index in [1.54, 1.807) is 0 Å². The molecule has 1 N–H and O–H groups in total. The van der Waals surface area contributed by atoms with E-state index in [4.69, 9.17) is 0 Å². The summed E-state index contributed by atoms with van der Waals surface area (Å²) in [6, 6.07) is 9.41. The smallest absolute Gasteiger partial charge is 0.250 e.